The Morgan fingerprint density at radius 3 is 2.48 bits per heavy atom. The van der Waals surface area contributed by atoms with Crippen molar-refractivity contribution in [2.75, 3.05) is 39.3 Å². The largest absolute Gasteiger partial charge is 0.480 e. The van der Waals surface area contributed by atoms with Crippen molar-refractivity contribution in [2.45, 2.75) is 6.54 Å². The summed E-state index contributed by atoms with van der Waals surface area (Å²) in [6.45, 7) is 3.85. The Labute approximate surface area is 161 Å². The number of piperazine rings is 1. The first-order chi connectivity index (χ1) is 13.0. The minimum absolute atomic E-state index is 0.208. The molecular formula is C19H22FN3O3S. The summed E-state index contributed by atoms with van der Waals surface area (Å²) >= 11 is 1.60. The van der Waals surface area contributed by atoms with Gasteiger partial charge in [0.2, 0.25) is 5.91 Å². The molecule has 27 heavy (non-hydrogen) atoms. The third-order valence-corrected chi connectivity index (χ3v) is 5.55. The summed E-state index contributed by atoms with van der Waals surface area (Å²) in [7, 11) is 0. The van der Waals surface area contributed by atoms with E-state index in [0.717, 1.165) is 37.6 Å². The number of carboxylic acids is 1. The number of rotatable bonds is 7. The highest BCUT2D eigenvalue weighted by atomic mass is 32.1. The van der Waals surface area contributed by atoms with Gasteiger partial charge < -0.3 is 10.4 Å². The molecule has 2 aromatic rings. The van der Waals surface area contributed by atoms with Crippen molar-refractivity contribution in [3.05, 3.63) is 47.1 Å². The van der Waals surface area contributed by atoms with Gasteiger partial charge in [-0.05, 0) is 18.2 Å². The molecule has 0 spiro atoms. The Bertz CT molecular complexity index is 803. The Morgan fingerprint density at radius 2 is 1.78 bits per heavy atom. The van der Waals surface area contributed by atoms with Gasteiger partial charge in [0, 0.05) is 48.0 Å². The standard InChI is InChI=1S/C19H22FN3O3S/c20-16-4-2-1-3-15(16)17-6-5-14(27-17)12-22-7-9-23(10-8-22)13-18(24)21-11-19(25)26/h1-6H,7-13H2,(H,21,24)(H,25,26). The molecule has 0 atom stereocenters. The number of carbonyl (C=O) groups is 2. The normalized spacial score (nSPS) is 15.6. The monoisotopic (exact) mass is 391 g/mol. The number of amides is 1. The number of benzene rings is 1. The SMILES string of the molecule is O=C(O)CNC(=O)CN1CCN(Cc2ccc(-c3ccccc3F)s2)CC1. The van der Waals surface area contributed by atoms with Crippen LogP contribution in [0, 0.1) is 5.82 Å². The summed E-state index contributed by atoms with van der Waals surface area (Å²) in [5, 5.41) is 11.0. The Hall–Kier alpha value is -2.29. The lowest BCUT2D eigenvalue weighted by molar-refractivity contribution is -0.138. The molecule has 0 saturated carbocycles. The van der Waals surface area contributed by atoms with Gasteiger partial charge in [-0.2, -0.15) is 0 Å². The van der Waals surface area contributed by atoms with Crippen LogP contribution in [-0.2, 0) is 16.1 Å². The molecule has 2 heterocycles. The van der Waals surface area contributed by atoms with Crippen LogP contribution in [0.5, 0.6) is 0 Å². The smallest absolute Gasteiger partial charge is 0.322 e. The van der Waals surface area contributed by atoms with Crippen LogP contribution >= 0.6 is 11.3 Å². The van der Waals surface area contributed by atoms with Crippen molar-refractivity contribution >= 4 is 23.2 Å². The summed E-state index contributed by atoms with van der Waals surface area (Å²) in [4.78, 5) is 28.6. The minimum atomic E-state index is -1.04. The van der Waals surface area contributed by atoms with Crippen molar-refractivity contribution in [3.63, 3.8) is 0 Å². The highest BCUT2D eigenvalue weighted by Crippen LogP contribution is 2.30. The van der Waals surface area contributed by atoms with E-state index in [1.54, 1.807) is 23.5 Å². The lowest BCUT2D eigenvalue weighted by atomic mass is 10.2. The average Bonchev–Trinajstić information content (AvgIpc) is 3.10. The van der Waals surface area contributed by atoms with E-state index >= 15 is 0 Å². The molecule has 144 valence electrons. The van der Waals surface area contributed by atoms with Gasteiger partial charge in [0.15, 0.2) is 0 Å². The molecule has 1 aliphatic heterocycles. The minimum Gasteiger partial charge on any atom is -0.480 e. The maximum atomic E-state index is 13.9. The van der Waals surface area contributed by atoms with Crippen LogP contribution in [-0.4, -0.2) is 66.1 Å². The number of nitrogens with one attached hydrogen (secondary N) is 1. The first-order valence-corrected chi connectivity index (χ1v) is 9.60. The second-order valence-corrected chi connectivity index (χ2v) is 7.64. The molecule has 0 aliphatic carbocycles. The Morgan fingerprint density at radius 1 is 1.07 bits per heavy atom. The van der Waals surface area contributed by atoms with Crippen molar-refractivity contribution in [1.82, 2.24) is 15.1 Å². The van der Waals surface area contributed by atoms with Gasteiger partial charge in [-0.25, -0.2) is 4.39 Å². The maximum Gasteiger partial charge on any atom is 0.322 e. The van der Waals surface area contributed by atoms with E-state index in [1.807, 2.05) is 23.1 Å². The van der Waals surface area contributed by atoms with Crippen LogP contribution in [0.4, 0.5) is 4.39 Å². The van der Waals surface area contributed by atoms with Crippen LogP contribution in [0.2, 0.25) is 0 Å². The number of thiophene rings is 1. The number of carboxylic acid groups (broad SMARTS) is 1. The summed E-state index contributed by atoms with van der Waals surface area (Å²) < 4.78 is 13.9. The molecule has 0 unspecified atom stereocenters. The number of aliphatic carboxylic acids is 1. The number of halogens is 1. The van der Waals surface area contributed by atoms with Crippen LogP contribution in [0.25, 0.3) is 10.4 Å². The average molecular weight is 391 g/mol. The number of carbonyl (C=O) groups excluding carboxylic acids is 1. The van der Waals surface area contributed by atoms with Crippen LogP contribution in [0.3, 0.4) is 0 Å². The van der Waals surface area contributed by atoms with Crippen LogP contribution in [0.1, 0.15) is 4.88 Å². The van der Waals surface area contributed by atoms with E-state index in [4.69, 9.17) is 5.11 Å². The molecule has 1 aromatic carbocycles. The van der Waals surface area contributed by atoms with Crippen molar-refractivity contribution < 1.29 is 19.1 Å². The van der Waals surface area contributed by atoms with Crippen LogP contribution in [0.15, 0.2) is 36.4 Å². The van der Waals surface area contributed by atoms with E-state index in [9.17, 15) is 14.0 Å². The van der Waals surface area contributed by atoms with Gasteiger partial charge in [0.25, 0.3) is 0 Å². The van der Waals surface area contributed by atoms with Gasteiger partial charge >= 0.3 is 5.97 Å². The summed E-state index contributed by atoms with van der Waals surface area (Å²) in [6, 6.07) is 10.8. The summed E-state index contributed by atoms with van der Waals surface area (Å²) in [5.41, 5.74) is 0.631. The van der Waals surface area contributed by atoms with E-state index < -0.39 is 5.97 Å². The second kappa shape index (κ2) is 9.07. The van der Waals surface area contributed by atoms with Gasteiger partial charge in [-0.1, -0.05) is 18.2 Å². The molecule has 6 nitrogen and oxygen atoms in total. The van der Waals surface area contributed by atoms with E-state index in [-0.39, 0.29) is 24.8 Å². The molecular weight excluding hydrogens is 369 g/mol. The molecule has 1 fully saturated rings. The first kappa shape index (κ1) is 19.5. The second-order valence-electron chi connectivity index (χ2n) is 6.47. The third-order valence-electron chi connectivity index (χ3n) is 4.45. The van der Waals surface area contributed by atoms with Crippen molar-refractivity contribution in [2.24, 2.45) is 0 Å². The predicted molar refractivity (Wildman–Crippen MR) is 102 cm³/mol. The third kappa shape index (κ3) is 5.59. The highest BCUT2D eigenvalue weighted by Gasteiger charge is 2.20. The fraction of sp³-hybridized carbons (Fsp3) is 0.368. The molecule has 0 bridgehead atoms. The summed E-state index contributed by atoms with van der Waals surface area (Å²) in [6.07, 6.45) is 0. The number of nitrogens with zero attached hydrogens (tertiary/aromatic N) is 2. The zero-order valence-corrected chi connectivity index (χ0v) is 15.7. The van der Waals surface area contributed by atoms with Gasteiger partial charge in [0.05, 0.1) is 6.54 Å². The maximum absolute atomic E-state index is 13.9. The van der Waals surface area contributed by atoms with E-state index in [1.165, 1.54) is 10.9 Å². The fourth-order valence-corrected chi connectivity index (χ4v) is 4.11. The lowest BCUT2D eigenvalue weighted by Gasteiger charge is -2.33. The zero-order chi connectivity index (χ0) is 19.2. The topological polar surface area (TPSA) is 72.9 Å². The zero-order valence-electron chi connectivity index (χ0n) is 14.9. The molecule has 0 radical (unpaired) electrons. The van der Waals surface area contributed by atoms with Gasteiger partial charge in [-0.3, -0.25) is 19.4 Å². The molecule has 1 saturated heterocycles. The quantitative estimate of drug-likeness (QED) is 0.754. The lowest BCUT2D eigenvalue weighted by Crippen LogP contribution is -2.49. The van der Waals surface area contributed by atoms with Crippen molar-refractivity contribution in [3.8, 4) is 10.4 Å². The molecule has 3 rings (SSSR count). The Kier molecular flexibility index (Phi) is 6.54. The first-order valence-electron chi connectivity index (χ1n) is 8.78. The van der Waals surface area contributed by atoms with Gasteiger partial charge in [0.1, 0.15) is 12.4 Å². The Balaban J connectivity index is 1.47. The number of hydrogen-bond acceptors (Lipinski definition) is 5. The number of hydrogen-bond donors (Lipinski definition) is 2. The molecule has 2 N–H and O–H groups in total. The fourth-order valence-electron chi connectivity index (χ4n) is 3.03. The predicted octanol–water partition coefficient (Wildman–Crippen LogP) is 1.87. The van der Waals surface area contributed by atoms with Crippen molar-refractivity contribution in [1.29, 1.82) is 0 Å². The van der Waals surface area contributed by atoms with Crippen LogP contribution < -0.4 is 5.32 Å². The summed E-state index contributed by atoms with van der Waals surface area (Å²) in [5.74, 6) is -1.52. The van der Waals surface area contributed by atoms with Gasteiger partial charge in [-0.15, -0.1) is 11.3 Å². The molecule has 1 aliphatic rings. The highest BCUT2D eigenvalue weighted by molar-refractivity contribution is 7.15. The molecule has 8 heteroatoms. The molecule has 1 amide bonds. The molecule has 1 aromatic heterocycles. The van der Waals surface area contributed by atoms with E-state index in [2.05, 4.69) is 10.2 Å². The van der Waals surface area contributed by atoms with E-state index in [0.29, 0.717) is 5.56 Å².